The second-order valence-electron chi connectivity index (χ2n) is 7.12. The minimum atomic E-state index is -1.49. The largest absolute Gasteiger partial charge is 0.502 e. The van der Waals surface area contributed by atoms with E-state index in [1.165, 1.54) is 9.58 Å². The van der Waals surface area contributed by atoms with Gasteiger partial charge >= 0.3 is 5.97 Å². The van der Waals surface area contributed by atoms with Gasteiger partial charge in [-0.1, -0.05) is 5.16 Å². The molecule has 4 heterocycles. The maximum absolute atomic E-state index is 13.0. The van der Waals surface area contributed by atoms with Crippen molar-refractivity contribution in [3.63, 3.8) is 0 Å². The predicted octanol–water partition coefficient (Wildman–Crippen LogP) is 0.279. The fraction of sp³-hybridized carbons (Fsp3) is 0.444. The smallest absolute Gasteiger partial charge is 0.341 e. The number of ether oxygens (including phenoxy) is 1. The molecule has 0 radical (unpaired) electrons. The van der Waals surface area contributed by atoms with Gasteiger partial charge in [0, 0.05) is 25.4 Å². The second-order valence-corrected chi connectivity index (χ2v) is 7.12. The van der Waals surface area contributed by atoms with Crippen LogP contribution in [0.5, 0.6) is 5.75 Å². The number of hydrogen-bond donors (Lipinski definition) is 2. The van der Waals surface area contributed by atoms with Crippen LogP contribution in [0.25, 0.3) is 0 Å². The van der Waals surface area contributed by atoms with Crippen LogP contribution in [-0.2, 0) is 11.3 Å². The minimum absolute atomic E-state index is 0.0962. The van der Waals surface area contributed by atoms with Crippen molar-refractivity contribution >= 4 is 11.9 Å². The molecule has 1 saturated heterocycles. The highest BCUT2D eigenvalue weighted by atomic mass is 16.5. The number of aromatic hydroxyl groups is 1. The van der Waals surface area contributed by atoms with Crippen LogP contribution < -0.4 is 10.4 Å². The average molecular weight is 404 g/mol. The van der Waals surface area contributed by atoms with Crippen LogP contribution in [0.2, 0.25) is 0 Å². The molecule has 0 unspecified atom stereocenters. The van der Waals surface area contributed by atoms with Crippen molar-refractivity contribution in [3.05, 3.63) is 45.2 Å². The molecule has 2 aromatic rings. The maximum Gasteiger partial charge on any atom is 0.341 e. The molecular formula is C18H20N4O7. The quantitative estimate of drug-likeness (QED) is 0.719. The van der Waals surface area contributed by atoms with Gasteiger partial charge in [0.25, 0.3) is 5.91 Å². The zero-order valence-electron chi connectivity index (χ0n) is 15.7. The van der Waals surface area contributed by atoms with Gasteiger partial charge in [-0.3, -0.25) is 19.3 Å². The molecule has 11 heteroatoms. The van der Waals surface area contributed by atoms with Gasteiger partial charge in [0.1, 0.15) is 23.7 Å². The number of hydrogen-bond acceptors (Lipinski definition) is 8. The molecule has 1 atom stereocenters. The van der Waals surface area contributed by atoms with Gasteiger partial charge in [-0.2, -0.15) is 0 Å². The zero-order chi connectivity index (χ0) is 20.7. The Morgan fingerprint density at radius 3 is 2.79 bits per heavy atom. The van der Waals surface area contributed by atoms with Gasteiger partial charge in [0.05, 0.1) is 12.6 Å². The highest BCUT2D eigenvalue weighted by Gasteiger charge is 2.36. The van der Waals surface area contributed by atoms with Crippen molar-refractivity contribution in [1.29, 1.82) is 0 Å². The van der Waals surface area contributed by atoms with Gasteiger partial charge in [-0.15, -0.1) is 0 Å². The fourth-order valence-electron chi connectivity index (χ4n) is 3.62. The Balaban J connectivity index is 1.77. The molecule has 29 heavy (non-hydrogen) atoms. The summed E-state index contributed by atoms with van der Waals surface area (Å²) in [6.45, 7) is 2.92. The lowest BCUT2D eigenvalue weighted by atomic mass is 10.1. The second kappa shape index (κ2) is 7.24. The minimum Gasteiger partial charge on any atom is -0.502 e. The monoisotopic (exact) mass is 404 g/mol. The van der Waals surface area contributed by atoms with Crippen LogP contribution in [0.1, 0.15) is 45.1 Å². The van der Waals surface area contributed by atoms with E-state index in [1.54, 1.807) is 18.0 Å². The van der Waals surface area contributed by atoms with E-state index in [2.05, 4.69) is 5.16 Å². The topological polar surface area (TPSA) is 138 Å². The first kappa shape index (κ1) is 19.0. The number of aromatic carboxylic acids is 1. The van der Waals surface area contributed by atoms with Crippen LogP contribution in [0, 0.1) is 6.92 Å². The molecule has 1 amide bonds. The van der Waals surface area contributed by atoms with Crippen molar-refractivity contribution < 1.29 is 29.1 Å². The summed E-state index contributed by atoms with van der Waals surface area (Å²) < 4.78 is 11.9. The van der Waals surface area contributed by atoms with Crippen LogP contribution >= 0.6 is 0 Å². The van der Waals surface area contributed by atoms with Gasteiger partial charge in [-0.25, -0.2) is 4.79 Å². The maximum atomic E-state index is 13.0. The number of carboxylic acids is 1. The van der Waals surface area contributed by atoms with Gasteiger partial charge in [0.2, 0.25) is 5.43 Å². The molecule has 2 N–H and O–H groups in total. The summed E-state index contributed by atoms with van der Waals surface area (Å²) in [5, 5.41) is 25.2. The van der Waals surface area contributed by atoms with Crippen LogP contribution in [0.15, 0.2) is 21.6 Å². The normalized spacial score (nSPS) is 18.9. The average Bonchev–Trinajstić information content (AvgIpc) is 3.32. The number of aryl methyl sites for hydroxylation is 1. The van der Waals surface area contributed by atoms with Crippen molar-refractivity contribution in [1.82, 2.24) is 14.7 Å². The number of rotatable bonds is 5. The number of amides is 1. The Kier molecular flexibility index (Phi) is 4.74. The summed E-state index contributed by atoms with van der Waals surface area (Å²) >= 11 is 0. The molecule has 2 aliphatic rings. The molecule has 0 bridgehead atoms. The third-order valence-corrected chi connectivity index (χ3v) is 4.99. The van der Waals surface area contributed by atoms with Gasteiger partial charge in [0.15, 0.2) is 11.4 Å². The SMILES string of the molecule is Cc1cc(CN2CN(C[C@H]3CCCO3)C(=O)c3c(O)c(=O)c(C(=O)O)cn32)no1. The van der Waals surface area contributed by atoms with E-state index in [9.17, 15) is 24.6 Å². The number of nitrogens with zero attached hydrogens (tertiary/aromatic N) is 4. The molecule has 0 spiro atoms. The van der Waals surface area contributed by atoms with Gasteiger partial charge in [-0.05, 0) is 19.8 Å². The summed E-state index contributed by atoms with van der Waals surface area (Å²) in [6, 6.07) is 1.71. The number of aromatic nitrogens is 2. The van der Waals surface area contributed by atoms with E-state index >= 15 is 0 Å². The molecule has 11 nitrogen and oxygen atoms in total. The first-order valence-corrected chi connectivity index (χ1v) is 9.15. The van der Waals surface area contributed by atoms with Crippen molar-refractivity contribution in [2.75, 3.05) is 24.8 Å². The number of carbonyl (C=O) groups is 2. The number of carbonyl (C=O) groups excluding carboxylic acids is 1. The highest BCUT2D eigenvalue weighted by Crippen LogP contribution is 2.24. The van der Waals surface area contributed by atoms with E-state index < -0.39 is 28.6 Å². The molecule has 154 valence electrons. The van der Waals surface area contributed by atoms with E-state index in [0.717, 1.165) is 19.0 Å². The number of fused-ring (bicyclic) bond motifs is 1. The Bertz CT molecular complexity index is 1020. The first-order chi connectivity index (χ1) is 13.8. The standard InChI is InChI=1S/C18H20N4O7/c1-10-5-11(19-29-10)6-21-9-20(7-12-3-2-4-28-12)17(25)14-16(24)15(23)13(18(26)27)8-22(14)21/h5,8,12,24H,2-4,6-7,9H2,1H3,(H,26,27)/t12-/m1/s1. The lowest BCUT2D eigenvalue weighted by molar-refractivity contribution is 0.0453. The molecule has 0 saturated carbocycles. The molecule has 2 aliphatic heterocycles. The summed E-state index contributed by atoms with van der Waals surface area (Å²) in [4.78, 5) is 38.2. The zero-order valence-corrected chi connectivity index (χ0v) is 15.7. The van der Waals surface area contributed by atoms with E-state index in [4.69, 9.17) is 9.26 Å². The highest BCUT2D eigenvalue weighted by molar-refractivity contribution is 5.97. The number of carboxylic acid groups (broad SMARTS) is 1. The lowest BCUT2D eigenvalue weighted by Crippen LogP contribution is -2.55. The summed E-state index contributed by atoms with van der Waals surface area (Å²) in [6.07, 6.45) is 2.63. The predicted molar refractivity (Wildman–Crippen MR) is 97.4 cm³/mol. The lowest BCUT2D eigenvalue weighted by Gasteiger charge is -2.40. The molecule has 2 aromatic heterocycles. The summed E-state index contributed by atoms with van der Waals surface area (Å²) in [5.74, 6) is -2.36. The Morgan fingerprint density at radius 1 is 1.38 bits per heavy atom. The Labute approximate surface area is 164 Å². The molecule has 4 rings (SSSR count). The van der Waals surface area contributed by atoms with Crippen LogP contribution in [0.4, 0.5) is 0 Å². The van der Waals surface area contributed by atoms with Gasteiger partial charge < -0.3 is 24.4 Å². The molecule has 1 fully saturated rings. The van der Waals surface area contributed by atoms with Crippen LogP contribution in [0.3, 0.4) is 0 Å². The molecule has 0 aromatic carbocycles. The van der Waals surface area contributed by atoms with Crippen molar-refractivity contribution in [2.24, 2.45) is 0 Å². The Morgan fingerprint density at radius 2 is 2.17 bits per heavy atom. The summed E-state index contributed by atoms with van der Waals surface area (Å²) in [5.41, 5.74) is -1.47. The fourth-order valence-corrected chi connectivity index (χ4v) is 3.62. The number of pyridine rings is 1. The third kappa shape index (κ3) is 3.44. The summed E-state index contributed by atoms with van der Waals surface area (Å²) in [7, 11) is 0. The Hall–Kier alpha value is -3.34. The first-order valence-electron chi connectivity index (χ1n) is 9.15. The van der Waals surface area contributed by atoms with Crippen molar-refractivity contribution in [2.45, 2.75) is 32.4 Å². The van der Waals surface area contributed by atoms with E-state index in [1.807, 2.05) is 0 Å². The third-order valence-electron chi connectivity index (χ3n) is 4.99. The van der Waals surface area contributed by atoms with Crippen LogP contribution in [-0.4, -0.2) is 62.7 Å². The molecular weight excluding hydrogens is 384 g/mol. The van der Waals surface area contributed by atoms with E-state index in [0.29, 0.717) is 24.6 Å². The van der Waals surface area contributed by atoms with E-state index in [-0.39, 0.29) is 25.0 Å². The molecule has 0 aliphatic carbocycles. The van der Waals surface area contributed by atoms with Crippen molar-refractivity contribution in [3.8, 4) is 5.75 Å².